The van der Waals surface area contributed by atoms with E-state index in [1.165, 1.54) is 0 Å². The van der Waals surface area contributed by atoms with E-state index in [1.54, 1.807) is 0 Å². The maximum atomic E-state index is 11.5. The lowest BCUT2D eigenvalue weighted by molar-refractivity contribution is -0.137. The second kappa shape index (κ2) is 7.22. The van der Waals surface area contributed by atoms with E-state index in [2.05, 4.69) is 10.6 Å². The minimum atomic E-state index is -0.749. The fraction of sp³-hybridized carbons (Fsp3) is 0.818. The number of hydrogen-bond acceptors (Lipinski definition) is 3. The van der Waals surface area contributed by atoms with Gasteiger partial charge in [-0.1, -0.05) is 6.42 Å². The zero-order valence-corrected chi connectivity index (χ0v) is 9.50. The average Bonchev–Trinajstić information content (AvgIpc) is 2.75. The van der Waals surface area contributed by atoms with Crippen molar-refractivity contribution in [1.29, 1.82) is 0 Å². The standard InChI is InChI=1S/C11H20N2O3/c14-10(15)4-2-1-3-6-13-11(16)9-5-7-12-8-9/h9,12H,1-8H2,(H,13,16)(H,14,15). The zero-order valence-electron chi connectivity index (χ0n) is 9.50. The molecule has 1 amide bonds. The van der Waals surface area contributed by atoms with Crippen molar-refractivity contribution >= 4 is 11.9 Å². The lowest BCUT2D eigenvalue weighted by Crippen LogP contribution is -2.32. The number of carbonyl (C=O) groups is 2. The van der Waals surface area contributed by atoms with E-state index in [1.807, 2.05) is 0 Å². The van der Waals surface area contributed by atoms with Crippen molar-refractivity contribution in [1.82, 2.24) is 10.6 Å². The van der Waals surface area contributed by atoms with Crippen LogP contribution in [0.3, 0.4) is 0 Å². The summed E-state index contributed by atoms with van der Waals surface area (Å²) in [5.41, 5.74) is 0. The van der Waals surface area contributed by atoms with Crippen LogP contribution in [-0.2, 0) is 9.59 Å². The van der Waals surface area contributed by atoms with E-state index in [4.69, 9.17) is 5.11 Å². The molecule has 1 atom stereocenters. The van der Waals surface area contributed by atoms with Crippen molar-refractivity contribution in [3.8, 4) is 0 Å². The molecule has 0 spiro atoms. The molecule has 0 saturated carbocycles. The quantitative estimate of drug-likeness (QED) is 0.550. The summed E-state index contributed by atoms with van der Waals surface area (Å²) in [5, 5.41) is 14.5. The number of rotatable bonds is 7. The Bertz CT molecular complexity index is 237. The number of carbonyl (C=O) groups excluding carboxylic acids is 1. The molecule has 1 heterocycles. The molecule has 5 heteroatoms. The molecule has 0 aromatic heterocycles. The van der Waals surface area contributed by atoms with Gasteiger partial charge in [-0.15, -0.1) is 0 Å². The Morgan fingerprint density at radius 1 is 1.31 bits per heavy atom. The maximum Gasteiger partial charge on any atom is 0.303 e. The van der Waals surface area contributed by atoms with E-state index >= 15 is 0 Å². The summed E-state index contributed by atoms with van der Waals surface area (Å²) in [6.07, 6.45) is 3.55. The molecular formula is C11H20N2O3. The zero-order chi connectivity index (χ0) is 11.8. The highest BCUT2D eigenvalue weighted by Crippen LogP contribution is 2.07. The summed E-state index contributed by atoms with van der Waals surface area (Å²) in [7, 11) is 0. The van der Waals surface area contributed by atoms with Gasteiger partial charge in [0.2, 0.25) is 5.91 Å². The monoisotopic (exact) mass is 228 g/mol. The summed E-state index contributed by atoms with van der Waals surface area (Å²) in [5.74, 6) is -0.497. The lowest BCUT2D eigenvalue weighted by Gasteiger charge is -2.09. The first-order chi connectivity index (χ1) is 7.70. The fourth-order valence-electron chi connectivity index (χ4n) is 1.81. The van der Waals surface area contributed by atoms with Crippen molar-refractivity contribution in [3.05, 3.63) is 0 Å². The molecule has 1 aliphatic rings. The highest BCUT2D eigenvalue weighted by Gasteiger charge is 2.21. The van der Waals surface area contributed by atoms with Crippen LogP contribution in [0.2, 0.25) is 0 Å². The molecule has 1 saturated heterocycles. The molecule has 0 aromatic rings. The molecule has 0 aliphatic carbocycles. The molecule has 0 aromatic carbocycles. The molecular weight excluding hydrogens is 208 g/mol. The van der Waals surface area contributed by atoms with E-state index in [-0.39, 0.29) is 18.2 Å². The van der Waals surface area contributed by atoms with Gasteiger partial charge in [-0.05, 0) is 25.8 Å². The number of amides is 1. The van der Waals surface area contributed by atoms with Gasteiger partial charge < -0.3 is 15.7 Å². The van der Waals surface area contributed by atoms with Crippen LogP contribution >= 0.6 is 0 Å². The highest BCUT2D eigenvalue weighted by molar-refractivity contribution is 5.79. The van der Waals surface area contributed by atoms with Crippen LogP contribution in [0.5, 0.6) is 0 Å². The normalized spacial score (nSPS) is 19.6. The van der Waals surface area contributed by atoms with E-state index in [9.17, 15) is 9.59 Å². The molecule has 0 bridgehead atoms. The van der Waals surface area contributed by atoms with Crippen LogP contribution in [0.1, 0.15) is 32.1 Å². The van der Waals surface area contributed by atoms with Gasteiger partial charge in [-0.3, -0.25) is 9.59 Å². The van der Waals surface area contributed by atoms with Crippen LogP contribution < -0.4 is 10.6 Å². The molecule has 92 valence electrons. The molecule has 1 fully saturated rings. The number of aliphatic carboxylic acids is 1. The van der Waals surface area contributed by atoms with Crippen LogP contribution in [0, 0.1) is 5.92 Å². The number of carboxylic acid groups (broad SMARTS) is 1. The number of carboxylic acids is 1. The maximum absolute atomic E-state index is 11.5. The molecule has 3 N–H and O–H groups in total. The van der Waals surface area contributed by atoms with Gasteiger partial charge in [0, 0.05) is 19.5 Å². The van der Waals surface area contributed by atoms with E-state index in [0.29, 0.717) is 13.0 Å². The first kappa shape index (κ1) is 13.0. The number of hydrogen-bond donors (Lipinski definition) is 3. The van der Waals surface area contributed by atoms with Crippen LogP contribution in [0.4, 0.5) is 0 Å². The van der Waals surface area contributed by atoms with E-state index in [0.717, 1.165) is 32.4 Å². The molecule has 16 heavy (non-hydrogen) atoms. The summed E-state index contributed by atoms with van der Waals surface area (Å²) >= 11 is 0. The van der Waals surface area contributed by atoms with Crippen molar-refractivity contribution < 1.29 is 14.7 Å². The number of nitrogens with one attached hydrogen (secondary N) is 2. The lowest BCUT2D eigenvalue weighted by atomic mass is 10.1. The molecule has 1 unspecified atom stereocenters. The van der Waals surface area contributed by atoms with Gasteiger partial charge in [0.05, 0.1) is 5.92 Å². The first-order valence-corrected chi connectivity index (χ1v) is 5.90. The molecule has 0 radical (unpaired) electrons. The Kier molecular flexibility index (Phi) is 5.85. The van der Waals surface area contributed by atoms with E-state index < -0.39 is 5.97 Å². The smallest absolute Gasteiger partial charge is 0.303 e. The topological polar surface area (TPSA) is 78.4 Å². The average molecular weight is 228 g/mol. The number of unbranched alkanes of at least 4 members (excludes halogenated alkanes) is 2. The predicted octanol–water partition coefficient (Wildman–Crippen LogP) is 0.357. The van der Waals surface area contributed by atoms with Crippen molar-refractivity contribution in [2.24, 2.45) is 5.92 Å². The van der Waals surface area contributed by atoms with Gasteiger partial charge in [0.25, 0.3) is 0 Å². The van der Waals surface area contributed by atoms with Gasteiger partial charge in [-0.25, -0.2) is 0 Å². The molecule has 5 nitrogen and oxygen atoms in total. The third-order valence-corrected chi connectivity index (χ3v) is 2.80. The fourth-order valence-corrected chi connectivity index (χ4v) is 1.81. The Balaban J connectivity index is 1.94. The molecule has 1 aliphatic heterocycles. The third kappa shape index (κ3) is 5.11. The summed E-state index contributed by atoms with van der Waals surface area (Å²) in [6, 6.07) is 0. The summed E-state index contributed by atoms with van der Waals surface area (Å²) in [6.45, 7) is 2.37. The highest BCUT2D eigenvalue weighted by atomic mass is 16.4. The third-order valence-electron chi connectivity index (χ3n) is 2.80. The summed E-state index contributed by atoms with van der Waals surface area (Å²) in [4.78, 5) is 21.8. The van der Waals surface area contributed by atoms with Gasteiger partial charge >= 0.3 is 5.97 Å². The second-order valence-corrected chi connectivity index (χ2v) is 4.19. The Morgan fingerprint density at radius 2 is 2.12 bits per heavy atom. The van der Waals surface area contributed by atoms with Gasteiger partial charge in [0.1, 0.15) is 0 Å². The second-order valence-electron chi connectivity index (χ2n) is 4.19. The first-order valence-electron chi connectivity index (χ1n) is 5.90. The Hall–Kier alpha value is -1.10. The predicted molar refractivity (Wildman–Crippen MR) is 60.1 cm³/mol. The van der Waals surface area contributed by atoms with Crippen LogP contribution in [0.15, 0.2) is 0 Å². The van der Waals surface area contributed by atoms with Crippen molar-refractivity contribution in [3.63, 3.8) is 0 Å². The minimum Gasteiger partial charge on any atom is -0.481 e. The Labute approximate surface area is 95.6 Å². The SMILES string of the molecule is O=C(O)CCCCCNC(=O)C1CCNC1. The summed E-state index contributed by atoms with van der Waals surface area (Å²) < 4.78 is 0. The van der Waals surface area contributed by atoms with Crippen LogP contribution in [-0.4, -0.2) is 36.6 Å². The largest absolute Gasteiger partial charge is 0.481 e. The van der Waals surface area contributed by atoms with Crippen molar-refractivity contribution in [2.45, 2.75) is 32.1 Å². The van der Waals surface area contributed by atoms with Gasteiger partial charge in [-0.2, -0.15) is 0 Å². The van der Waals surface area contributed by atoms with Gasteiger partial charge in [0.15, 0.2) is 0 Å². The van der Waals surface area contributed by atoms with Crippen molar-refractivity contribution in [2.75, 3.05) is 19.6 Å². The minimum absolute atomic E-state index is 0.124. The Morgan fingerprint density at radius 3 is 2.75 bits per heavy atom. The van der Waals surface area contributed by atoms with Crippen LogP contribution in [0.25, 0.3) is 0 Å². The molecule has 1 rings (SSSR count).